The summed E-state index contributed by atoms with van der Waals surface area (Å²) in [7, 11) is 0. The average Bonchev–Trinajstić information content (AvgIpc) is 2.53. The van der Waals surface area contributed by atoms with Gasteiger partial charge in [-0.1, -0.05) is 12.1 Å². The monoisotopic (exact) mass is 297 g/mol. The molecule has 0 unspecified atom stereocenters. The van der Waals surface area contributed by atoms with E-state index in [0.29, 0.717) is 36.6 Å². The SMILES string of the molecule is Cc1nccc(C(=O)N2CCc3cccc(C(=O)O)c3C2)n1. The van der Waals surface area contributed by atoms with Crippen LogP contribution < -0.4 is 0 Å². The Hall–Kier alpha value is -2.76. The van der Waals surface area contributed by atoms with Crippen LogP contribution in [0.3, 0.4) is 0 Å². The summed E-state index contributed by atoms with van der Waals surface area (Å²) in [6, 6.07) is 6.81. The van der Waals surface area contributed by atoms with Gasteiger partial charge in [0.2, 0.25) is 0 Å². The highest BCUT2D eigenvalue weighted by Crippen LogP contribution is 2.23. The van der Waals surface area contributed by atoms with E-state index in [0.717, 1.165) is 5.56 Å². The molecule has 0 saturated carbocycles. The largest absolute Gasteiger partial charge is 0.478 e. The van der Waals surface area contributed by atoms with Crippen molar-refractivity contribution in [3.8, 4) is 0 Å². The number of amides is 1. The number of carboxylic acid groups (broad SMARTS) is 1. The van der Waals surface area contributed by atoms with Gasteiger partial charge in [-0.3, -0.25) is 4.79 Å². The normalized spacial score (nSPS) is 13.6. The molecule has 1 aliphatic heterocycles. The van der Waals surface area contributed by atoms with Crippen molar-refractivity contribution in [2.45, 2.75) is 19.9 Å². The minimum Gasteiger partial charge on any atom is -0.478 e. The van der Waals surface area contributed by atoms with Crippen LogP contribution >= 0.6 is 0 Å². The van der Waals surface area contributed by atoms with Crippen molar-refractivity contribution >= 4 is 11.9 Å². The second kappa shape index (κ2) is 5.55. The molecular weight excluding hydrogens is 282 g/mol. The van der Waals surface area contributed by atoms with E-state index in [-0.39, 0.29) is 11.5 Å². The lowest BCUT2D eigenvalue weighted by Crippen LogP contribution is -2.37. The molecule has 3 rings (SSSR count). The quantitative estimate of drug-likeness (QED) is 0.911. The second-order valence-corrected chi connectivity index (χ2v) is 5.21. The Bertz CT molecular complexity index is 758. The molecular formula is C16H15N3O3. The van der Waals surface area contributed by atoms with Crippen molar-refractivity contribution in [2.75, 3.05) is 6.54 Å². The summed E-state index contributed by atoms with van der Waals surface area (Å²) in [5.41, 5.74) is 2.29. The Morgan fingerprint density at radius 1 is 1.27 bits per heavy atom. The van der Waals surface area contributed by atoms with Gasteiger partial charge in [-0.25, -0.2) is 14.8 Å². The Morgan fingerprint density at radius 3 is 2.82 bits per heavy atom. The summed E-state index contributed by atoms with van der Waals surface area (Å²) in [5, 5.41) is 9.30. The number of fused-ring (bicyclic) bond motifs is 1. The van der Waals surface area contributed by atoms with E-state index in [4.69, 9.17) is 0 Å². The van der Waals surface area contributed by atoms with Crippen LogP contribution in [-0.4, -0.2) is 38.4 Å². The number of carbonyl (C=O) groups is 2. The van der Waals surface area contributed by atoms with Crippen LogP contribution in [0.15, 0.2) is 30.5 Å². The van der Waals surface area contributed by atoms with E-state index < -0.39 is 5.97 Å². The standard InChI is InChI=1S/C16H15N3O3/c1-10-17-7-5-14(18-10)15(20)19-8-6-11-3-2-4-12(16(21)22)13(11)9-19/h2-5,7H,6,8-9H2,1H3,(H,21,22). The van der Waals surface area contributed by atoms with Gasteiger partial charge in [0, 0.05) is 19.3 Å². The zero-order valence-electron chi connectivity index (χ0n) is 12.1. The van der Waals surface area contributed by atoms with E-state index >= 15 is 0 Å². The third-order valence-corrected chi connectivity index (χ3v) is 3.79. The highest BCUT2D eigenvalue weighted by molar-refractivity contribution is 5.93. The number of aromatic nitrogens is 2. The van der Waals surface area contributed by atoms with Gasteiger partial charge in [-0.15, -0.1) is 0 Å². The van der Waals surface area contributed by atoms with Crippen molar-refractivity contribution in [1.82, 2.24) is 14.9 Å². The van der Waals surface area contributed by atoms with Gasteiger partial charge < -0.3 is 10.0 Å². The number of aromatic carboxylic acids is 1. The number of carboxylic acids is 1. The van der Waals surface area contributed by atoms with Crippen LogP contribution in [0.25, 0.3) is 0 Å². The first kappa shape index (κ1) is 14.2. The molecule has 0 bridgehead atoms. The molecule has 1 amide bonds. The summed E-state index contributed by atoms with van der Waals surface area (Å²) in [6.45, 7) is 2.57. The molecule has 2 aromatic rings. The molecule has 6 heteroatoms. The molecule has 2 heterocycles. The predicted molar refractivity (Wildman–Crippen MR) is 78.6 cm³/mol. The molecule has 6 nitrogen and oxygen atoms in total. The molecule has 0 saturated heterocycles. The highest BCUT2D eigenvalue weighted by Gasteiger charge is 2.25. The summed E-state index contributed by atoms with van der Waals surface area (Å²) in [6.07, 6.45) is 2.20. The number of rotatable bonds is 2. The van der Waals surface area contributed by atoms with Gasteiger partial charge in [-0.05, 0) is 36.6 Å². The van der Waals surface area contributed by atoms with Crippen LogP contribution in [-0.2, 0) is 13.0 Å². The van der Waals surface area contributed by atoms with Crippen LogP contribution in [0.2, 0.25) is 0 Å². The van der Waals surface area contributed by atoms with E-state index in [2.05, 4.69) is 9.97 Å². The van der Waals surface area contributed by atoms with Crippen LogP contribution in [0.4, 0.5) is 0 Å². The van der Waals surface area contributed by atoms with E-state index in [1.807, 2.05) is 6.07 Å². The first-order valence-corrected chi connectivity index (χ1v) is 6.99. The van der Waals surface area contributed by atoms with E-state index in [9.17, 15) is 14.7 Å². The molecule has 22 heavy (non-hydrogen) atoms. The number of nitrogens with zero attached hydrogens (tertiary/aromatic N) is 3. The zero-order chi connectivity index (χ0) is 15.7. The lowest BCUT2D eigenvalue weighted by atomic mass is 9.94. The van der Waals surface area contributed by atoms with Crippen molar-refractivity contribution in [2.24, 2.45) is 0 Å². The van der Waals surface area contributed by atoms with Gasteiger partial charge in [0.15, 0.2) is 0 Å². The van der Waals surface area contributed by atoms with Crippen molar-refractivity contribution < 1.29 is 14.7 Å². The highest BCUT2D eigenvalue weighted by atomic mass is 16.4. The Kier molecular flexibility index (Phi) is 3.58. The van der Waals surface area contributed by atoms with E-state index in [1.54, 1.807) is 36.2 Å². The topological polar surface area (TPSA) is 83.4 Å². The number of hydrogen-bond donors (Lipinski definition) is 1. The van der Waals surface area contributed by atoms with Crippen molar-refractivity contribution in [1.29, 1.82) is 0 Å². The van der Waals surface area contributed by atoms with Gasteiger partial charge >= 0.3 is 5.97 Å². The van der Waals surface area contributed by atoms with Gasteiger partial charge in [0.05, 0.1) is 5.56 Å². The summed E-state index contributed by atoms with van der Waals surface area (Å²) < 4.78 is 0. The Balaban J connectivity index is 1.91. The van der Waals surface area contributed by atoms with Gasteiger partial charge in [0.1, 0.15) is 11.5 Å². The molecule has 0 radical (unpaired) electrons. The summed E-state index contributed by atoms with van der Waals surface area (Å²) in [4.78, 5) is 33.6. The molecule has 1 aromatic heterocycles. The fourth-order valence-corrected chi connectivity index (χ4v) is 2.69. The average molecular weight is 297 g/mol. The maximum Gasteiger partial charge on any atom is 0.336 e. The third kappa shape index (κ3) is 2.55. The zero-order valence-corrected chi connectivity index (χ0v) is 12.1. The third-order valence-electron chi connectivity index (χ3n) is 3.79. The summed E-state index contributed by atoms with van der Waals surface area (Å²) in [5.74, 6) is -0.630. The molecule has 112 valence electrons. The first-order chi connectivity index (χ1) is 10.6. The van der Waals surface area contributed by atoms with Crippen LogP contribution in [0.1, 0.15) is 37.8 Å². The second-order valence-electron chi connectivity index (χ2n) is 5.21. The maximum atomic E-state index is 12.5. The minimum absolute atomic E-state index is 0.198. The Morgan fingerprint density at radius 2 is 2.09 bits per heavy atom. The van der Waals surface area contributed by atoms with Gasteiger partial charge in [-0.2, -0.15) is 0 Å². The molecule has 0 fully saturated rings. The van der Waals surface area contributed by atoms with Crippen molar-refractivity contribution in [3.63, 3.8) is 0 Å². The lowest BCUT2D eigenvalue weighted by molar-refractivity contribution is 0.0676. The molecule has 1 aliphatic rings. The smallest absolute Gasteiger partial charge is 0.336 e. The fraction of sp³-hybridized carbons (Fsp3) is 0.250. The summed E-state index contributed by atoms with van der Waals surface area (Å²) >= 11 is 0. The molecule has 1 N–H and O–H groups in total. The van der Waals surface area contributed by atoms with Gasteiger partial charge in [0.25, 0.3) is 5.91 Å². The molecule has 0 atom stereocenters. The fourth-order valence-electron chi connectivity index (χ4n) is 2.69. The maximum absolute atomic E-state index is 12.5. The molecule has 0 aliphatic carbocycles. The minimum atomic E-state index is -0.968. The molecule has 0 spiro atoms. The number of aryl methyl sites for hydroxylation is 1. The number of benzene rings is 1. The first-order valence-electron chi connectivity index (χ1n) is 6.99. The Labute approximate surface area is 127 Å². The number of hydrogen-bond acceptors (Lipinski definition) is 4. The molecule has 1 aromatic carbocycles. The van der Waals surface area contributed by atoms with Crippen LogP contribution in [0.5, 0.6) is 0 Å². The predicted octanol–water partition coefficient (Wildman–Crippen LogP) is 1.68. The number of carbonyl (C=O) groups excluding carboxylic acids is 1. The van der Waals surface area contributed by atoms with Crippen LogP contribution in [0, 0.1) is 6.92 Å². The van der Waals surface area contributed by atoms with E-state index in [1.165, 1.54) is 0 Å². The lowest BCUT2D eigenvalue weighted by Gasteiger charge is -2.29. The van der Waals surface area contributed by atoms with Crippen molar-refractivity contribution in [3.05, 3.63) is 58.7 Å².